The molecule has 1 aliphatic heterocycles. The molecule has 9 nitrogen and oxygen atoms in total. The lowest BCUT2D eigenvalue weighted by Gasteiger charge is -2.35. The van der Waals surface area contributed by atoms with Crippen molar-refractivity contribution in [2.75, 3.05) is 13.1 Å². The summed E-state index contributed by atoms with van der Waals surface area (Å²) < 4.78 is 32.0. The van der Waals surface area contributed by atoms with Crippen molar-refractivity contribution < 1.29 is 17.7 Å². The largest absolute Gasteiger partial charge is 0.339 e. The lowest BCUT2D eigenvalue weighted by molar-refractivity contribution is 0.101. The molecule has 0 bridgehead atoms. The van der Waals surface area contributed by atoms with E-state index >= 15 is 0 Å². The molecule has 1 aliphatic rings. The first-order chi connectivity index (χ1) is 12.9. The van der Waals surface area contributed by atoms with Gasteiger partial charge in [-0.2, -0.15) is 9.29 Å². The van der Waals surface area contributed by atoms with Crippen LogP contribution in [0.4, 0.5) is 0 Å². The van der Waals surface area contributed by atoms with Gasteiger partial charge in [0.15, 0.2) is 5.78 Å². The van der Waals surface area contributed by atoms with Gasteiger partial charge >= 0.3 is 0 Å². The van der Waals surface area contributed by atoms with E-state index in [2.05, 4.69) is 20.1 Å². The molecule has 0 amide bonds. The number of sulfonamides is 1. The molecule has 0 radical (unpaired) electrons. The third-order valence-corrected chi connectivity index (χ3v) is 6.14. The van der Waals surface area contributed by atoms with Crippen LogP contribution in [0.15, 0.2) is 52.3 Å². The van der Waals surface area contributed by atoms with Gasteiger partial charge in [-0.3, -0.25) is 9.78 Å². The van der Waals surface area contributed by atoms with E-state index in [0.29, 0.717) is 23.0 Å². The fourth-order valence-corrected chi connectivity index (χ4v) is 4.31. The van der Waals surface area contributed by atoms with E-state index in [1.807, 2.05) is 0 Å². The molecular formula is C17H15N5O4S. The summed E-state index contributed by atoms with van der Waals surface area (Å²) in [6.07, 6.45) is 4.59. The Balaban J connectivity index is 1.48. The number of aromatic nitrogens is 4. The van der Waals surface area contributed by atoms with Crippen molar-refractivity contribution in [2.24, 2.45) is 0 Å². The van der Waals surface area contributed by atoms with Crippen LogP contribution < -0.4 is 0 Å². The highest BCUT2D eigenvalue weighted by molar-refractivity contribution is 7.89. The van der Waals surface area contributed by atoms with Crippen molar-refractivity contribution in [3.63, 3.8) is 0 Å². The molecule has 0 atom stereocenters. The maximum atomic E-state index is 12.7. The fraction of sp³-hybridized carbons (Fsp3) is 0.235. The van der Waals surface area contributed by atoms with Gasteiger partial charge in [-0.05, 0) is 19.1 Å². The summed E-state index contributed by atoms with van der Waals surface area (Å²) in [5, 5.41) is 3.87. The van der Waals surface area contributed by atoms with Gasteiger partial charge in [-0.1, -0.05) is 17.3 Å². The summed E-state index contributed by atoms with van der Waals surface area (Å²) in [7, 11) is -3.68. The van der Waals surface area contributed by atoms with Crippen molar-refractivity contribution >= 4 is 15.8 Å². The topological polar surface area (TPSA) is 119 Å². The second-order valence-electron chi connectivity index (χ2n) is 6.15. The Bertz CT molecular complexity index is 1090. The first kappa shape index (κ1) is 17.4. The minimum atomic E-state index is -3.68. The van der Waals surface area contributed by atoms with Crippen molar-refractivity contribution in [2.45, 2.75) is 17.7 Å². The number of benzene rings is 1. The Morgan fingerprint density at radius 1 is 1.26 bits per heavy atom. The highest BCUT2D eigenvalue weighted by Gasteiger charge is 2.40. The minimum absolute atomic E-state index is 0.0967. The molecule has 1 fully saturated rings. The van der Waals surface area contributed by atoms with Gasteiger partial charge in [0, 0.05) is 31.0 Å². The second-order valence-corrected chi connectivity index (χ2v) is 8.09. The summed E-state index contributed by atoms with van der Waals surface area (Å²) in [6, 6.07) is 6.02. The number of ketones is 1. The normalized spacial score (nSPS) is 15.4. The molecule has 138 valence electrons. The van der Waals surface area contributed by atoms with E-state index < -0.39 is 10.0 Å². The standard InChI is InChI=1S/C17H15N5O4S/c1-11(23)12-3-2-4-14(7-12)27(24,25)22-9-13(10-22)17-20-16(21-26-17)15-8-18-5-6-19-15/h2-8,13H,9-10H2,1H3. The zero-order chi connectivity index (χ0) is 19.0. The van der Waals surface area contributed by atoms with Crippen LogP contribution >= 0.6 is 0 Å². The Labute approximate surface area is 155 Å². The summed E-state index contributed by atoms with van der Waals surface area (Å²) in [5.74, 6) is 0.303. The Morgan fingerprint density at radius 3 is 2.78 bits per heavy atom. The van der Waals surface area contributed by atoms with E-state index in [0.717, 1.165) is 0 Å². The van der Waals surface area contributed by atoms with Crippen molar-refractivity contribution in [1.29, 1.82) is 0 Å². The summed E-state index contributed by atoms with van der Waals surface area (Å²) in [4.78, 5) is 23.9. The molecule has 0 spiro atoms. The molecule has 0 aliphatic carbocycles. The number of rotatable bonds is 5. The quantitative estimate of drug-likeness (QED) is 0.606. The first-order valence-corrected chi connectivity index (χ1v) is 9.60. The predicted molar refractivity (Wildman–Crippen MR) is 93.3 cm³/mol. The van der Waals surface area contributed by atoms with Crippen LogP contribution in [-0.2, 0) is 10.0 Å². The number of Topliss-reactive ketones (excluding diaryl/α,β-unsaturated/α-hetero) is 1. The highest BCUT2D eigenvalue weighted by Crippen LogP contribution is 2.32. The third-order valence-electron chi connectivity index (χ3n) is 4.31. The number of carbonyl (C=O) groups is 1. The van der Waals surface area contributed by atoms with Crippen LogP contribution in [0.2, 0.25) is 0 Å². The maximum Gasteiger partial charge on any atom is 0.243 e. The minimum Gasteiger partial charge on any atom is -0.339 e. The Kier molecular flexibility index (Phi) is 4.28. The highest BCUT2D eigenvalue weighted by atomic mass is 32.2. The van der Waals surface area contributed by atoms with Crippen LogP contribution in [0.1, 0.15) is 29.1 Å². The van der Waals surface area contributed by atoms with Crippen molar-refractivity contribution in [1.82, 2.24) is 24.4 Å². The van der Waals surface area contributed by atoms with Crippen LogP contribution in [0.3, 0.4) is 0 Å². The van der Waals surface area contributed by atoms with Crippen molar-refractivity contribution in [3.05, 3.63) is 54.3 Å². The molecule has 0 unspecified atom stereocenters. The number of carbonyl (C=O) groups excluding carboxylic acids is 1. The van der Waals surface area contributed by atoms with Gasteiger partial charge in [-0.25, -0.2) is 13.4 Å². The average Bonchev–Trinajstić information content (AvgIpc) is 3.10. The molecule has 2 aromatic heterocycles. The number of hydrogen-bond acceptors (Lipinski definition) is 8. The molecule has 3 heterocycles. The number of hydrogen-bond donors (Lipinski definition) is 0. The van der Waals surface area contributed by atoms with Gasteiger partial charge < -0.3 is 4.52 Å². The van der Waals surface area contributed by atoms with Crippen LogP contribution in [0.25, 0.3) is 11.5 Å². The molecule has 4 rings (SSSR count). The Hall–Kier alpha value is -2.98. The molecule has 1 saturated heterocycles. The summed E-state index contributed by atoms with van der Waals surface area (Å²) in [6.45, 7) is 1.86. The molecule has 0 saturated carbocycles. The summed E-state index contributed by atoms with van der Waals surface area (Å²) in [5.41, 5.74) is 0.844. The van der Waals surface area contributed by atoms with Crippen LogP contribution in [-0.4, -0.2) is 51.7 Å². The van der Waals surface area contributed by atoms with E-state index in [1.54, 1.807) is 18.3 Å². The monoisotopic (exact) mass is 385 g/mol. The summed E-state index contributed by atoms with van der Waals surface area (Å²) >= 11 is 0. The molecule has 0 N–H and O–H groups in total. The van der Waals surface area contributed by atoms with Gasteiger partial charge in [0.2, 0.25) is 21.7 Å². The van der Waals surface area contributed by atoms with E-state index in [1.165, 1.54) is 35.8 Å². The average molecular weight is 385 g/mol. The zero-order valence-corrected chi connectivity index (χ0v) is 15.1. The smallest absolute Gasteiger partial charge is 0.243 e. The number of nitrogens with zero attached hydrogens (tertiary/aromatic N) is 5. The Morgan fingerprint density at radius 2 is 2.07 bits per heavy atom. The predicted octanol–water partition coefficient (Wildman–Crippen LogP) is 1.52. The zero-order valence-electron chi connectivity index (χ0n) is 14.3. The van der Waals surface area contributed by atoms with E-state index in [-0.39, 0.29) is 29.7 Å². The van der Waals surface area contributed by atoms with Gasteiger partial charge in [0.05, 0.1) is 17.0 Å². The van der Waals surface area contributed by atoms with Gasteiger partial charge in [0.25, 0.3) is 0 Å². The van der Waals surface area contributed by atoms with Crippen LogP contribution in [0, 0.1) is 0 Å². The molecule has 27 heavy (non-hydrogen) atoms. The van der Waals surface area contributed by atoms with E-state index in [4.69, 9.17) is 4.52 Å². The molecule has 3 aromatic rings. The molecule has 1 aromatic carbocycles. The lowest BCUT2D eigenvalue weighted by Crippen LogP contribution is -2.48. The van der Waals surface area contributed by atoms with E-state index in [9.17, 15) is 13.2 Å². The second kappa shape index (κ2) is 6.63. The maximum absolute atomic E-state index is 12.7. The van der Waals surface area contributed by atoms with Gasteiger partial charge in [-0.15, -0.1) is 0 Å². The third kappa shape index (κ3) is 3.24. The fourth-order valence-electron chi connectivity index (χ4n) is 2.73. The molecule has 10 heteroatoms. The SMILES string of the molecule is CC(=O)c1cccc(S(=O)(=O)N2CC(c3nc(-c4cnccn4)no3)C2)c1. The van der Waals surface area contributed by atoms with Gasteiger partial charge in [0.1, 0.15) is 5.69 Å². The lowest BCUT2D eigenvalue weighted by atomic mass is 10.0. The molecular weight excluding hydrogens is 370 g/mol. The van der Waals surface area contributed by atoms with Crippen molar-refractivity contribution in [3.8, 4) is 11.5 Å². The first-order valence-electron chi connectivity index (χ1n) is 8.16. The van der Waals surface area contributed by atoms with Crippen LogP contribution in [0.5, 0.6) is 0 Å².